The predicted octanol–water partition coefficient (Wildman–Crippen LogP) is 1.75. The van der Waals surface area contributed by atoms with Gasteiger partial charge in [0.2, 0.25) is 0 Å². The summed E-state index contributed by atoms with van der Waals surface area (Å²) in [5.41, 5.74) is 1.67. The lowest BCUT2D eigenvalue weighted by molar-refractivity contribution is -0.138. The van der Waals surface area contributed by atoms with Crippen molar-refractivity contribution in [3.63, 3.8) is 0 Å². The van der Waals surface area contributed by atoms with Crippen LogP contribution in [0.3, 0.4) is 0 Å². The summed E-state index contributed by atoms with van der Waals surface area (Å²) in [6, 6.07) is 7.48. The number of H-pyrrole nitrogens is 1. The Morgan fingerprint density at radius 1 is 1.50 bits per heavy atom. The van der Waals surface area contributed by atoms with Crippen LogP contribution in [0, 0.1) is 0 Å². The molecule has 2 N–H and O–H groups in total. The van der Waals surface area contributed by atoms with E-state index < -0.39 is 11.9 Å². The van der Waals surface area contributed by atoms with E-state index in [9.17, 15) is 4.79 Å². The molecule has 0 aliphatic rings. The topological polar surface area (TPSA) is 66.0 Å². The van der Waals surface area contributed by atoms with Gasteiger partial charge in [-0.3, -0.25) is 4.79 Å². The Morgan fingerprint density at radius 3 is 2.86 bits per heavy atom. The van der Waals surface area contributed by atoms with Gasteiger partial charge in [-0.1, -0.05) is 12.1 Å². The molecule has 0 fully saturated rings. The minimum Gasteiger partial charge on any atom is -0.481 e. The first-order valence-corrected chi connectivity index (χ1v) is 4.36. The fourth-order valence-electron chi connectivity index (χ4n) is 1.29. The van der Waals surface area contributed by atoms with Gasteiger partial charge in [-0.2, -0.15) is 0 Å². The van der Waals surface area contributed by atoms with Gasteiger partial charge >= 0.3 is 5.97 Å². The van der Waals surface area contributed by atoms with E-state index in [1.807, 2.05) is 24.3 Å². The van der Waals surface area contributed by atoms with Crippen molar-refractivity contribution >= 4 is 17.0 Å². The average Bonchev–Trinajstić information content (AvgIpc) is 2.59. The largest absolute Gasteiger partial charge is 0.481 e. The van der Waals surface area contributed by atoms with E-state index in [2.05, 4.69) is 9.97 Å². The second-order valence-corrected chi connectivity index (χ2v) is 3.20. The van der Waals surface area contributed by atoms with E-state index in [1.54, 1.807) is 6.92 Å². The van der Waals surface area contributed by atoms with Crippen molar-refractivity contribution < 1.29 is 9.90 Å². The summed E-state index contributed by atoms with van der Waals surface area (Å²) in [4.78, 5) is 17.9. The number of aromatic nitrogens is 2. The van der Waals surface area contributed by atoms with Crippen molar-refractivity contribution in [2.75, 3.05) is 0 Å². The number of para-hydroxylation sites is 2. The molecule has 1 aromatic heterocycles. The molecule has 1 aromatic carbocycles. The number of aliphatic carboxylic acids is 1. The summed E-state index contributed by atoms with van der Waals surface area (Å²) in [6.45, 7) is 1.61. The number of fused-ring (bicyclic) bond motifs is 1. The van der Waals surface area contributed by atoms with Gasteiger partial charge in [0.05, 0.1) is 11.0 Å². The number of nitrogens with one attached hydrogen (secondary N) is 1. The number of carbonyl (C=O) groups is 1. The van der Waals surface area contributed by atoms with Crippen LogP contribution in [0.2, 0.25) is 0 Å². The molecule has 2 rings (SSSR count). The quantitative estimate of drug-likeness (QED) is 0.758. The maximum absolute atomic E-state index is 10.7. The summed E-state index contributed by atoms with van der Waals surface area (Å²) < 4.78 is 0. The van der Waals surface area contributed by atoms with Gasteiger partial charge in [0.15, 0.2) is 0 Å². The van der Waals surface area contributed by atoms with Gasteiger partial charge in [-0.25, -0.2) is 4.98 Å². The molecule has 0 spiro atoms. The van der Waals surface area contributed by atoms with Gasteiger partial charge in [0.1, 0.15) is 11.7 Å². The van der Waals surface area contributed by atoms with Gasteiger partial charge in [-0.05, 0) is 19.1 Å². The highest BCUT2D eigenvalue weighted by molar-refractivity contribution is 5.79. The Bertz CT molecular complexity index is 443. The zero-order valence-corrected chi connectivity index (χ0v) is 7.69. The van der Waals surface area contributed by atoms with Crippen molar-refractivity contribution in [1.29, 1.82) is 0 Å². The third kappa shape index (κ3) is 1.35. The minimum atomic E-state index is -0.871. The second kappa shape index (κ2) is 3.14. The number of hydrogen-bond acceptors (Lipinski definition) is 2. The summed E-state index contributed by atoms with van der Waals surface area (Å²) in [5.74, 6) is -0.967. The second-order valence-electron chi connectivity index (χ2n) is 3.20. The molecule has 0 amide bonds. The molecular weight excluding hydrogens is 180 g/mol. The van der Waals surface area contributed by atoms with Crippen LogP contribution in [0.25, 0.3) is 11.0 Å². The van der Waals surface area contributed by atoms with E-state index in [4.69, 9.17) is 5.11 Å². The van der Waals surface area contributed by atoms with Crippen LogP contribution in [0.5, 0.6) is 0 Å². The van der Waals surface area contributed by atoms with Gasteiger partial charge in [0.25, 0.3) is 0 Å². The molecule has 2 aromatic rings. The molecule has 4 nitrogen and oxygen atoms in total. The van der Waals surface area contributed by atoms with Gasteiger partial charge in [0, 0.05) is 0 Å². The molecule has 4 heteroatoms. The lowest BCUT2D eigenvalue weighted by atomic mass is 10.2. The number of nitrogens with zero attached hydrogens (tertiary/aromatic N) is 1. The highest BCUT2D eigenvalue weighted by Gasteiger charge is 2.17. The monoisotopic (exact) mass is 190 g/mol. The highest BCUT2D eigenvalue weighted by atomic mass is 16.4. The van der Waals surface area contributed by atoms with Crippen molar-refractivity contribution in [1.82, 2.24) is 9.97 Å². The maximum atomic E-state index is 10.7. The van der Waals surface area contributed by atoms with Crippen molar-refractivity contribution in [3.8, 4) is 0 Å². The summed E-state index contributed by atoms with van der Waals surface area (Å²) in [7, 11) is 0. The zero-order valence-electron chi connectivity index (χ0n) is 7.69. The van der Waals surface area contributed by atoms with Crippen LogP contribution in [-0.2, 0) is 4.79 Å². The number of benzene rings is 1. The molecular formula is C10H10N2O2. The smallest absolute Gasteiger partial charge is 0.313 e. The van der Waals surface area contributed by atoms with Crippen molar-refractivity contribution in [3.05, 3.63) is 30.1 Å². The molecule has 0 unspecified atom stereocenters. The third-order valence-electron chi connectivity index (χ3n) is 2.19. The number of rotatable bonds is 2. The van der Waals surface area contributed by atoms with Crippen LogP contribution < -0.4 is 0 Å². The Balaban J connectivity index is 2.50. The number of carboxylic acid groups (broad SMARTS) is 1. The van der Waals surface area contributed by atoms with Gasteiger partial charge in [-0.15, -0.1) is 0 Å². The normalized spacial score (nSPS) is 12.9. The van der Waals surface area contributed by atoms with Gasteiger partial charge < -0.3 is 10.1 Å². The molecule has 0 aliphatic carbocycles. The van der Waals surface area contributed by atoms with E-state index in [1.165, 1.54) is 0 Å². The lowest BCUT2D eigenvalue weighted by Crippen LogP contribution is -2.08. The highest BCUT2D eigenvalue weighted by Crippen LogP contribution is 2.16. The predicted molar refractivity (Wildman–Crippen MR) is 52.1 cm³/mol. The molecule has 72 valence electrons. The van der Waals surface area contributed by atoms with E-state index in [-0.39, 0.29) is 0 Å². The maximum Gasteiger partial charge on any atom is 0.313 e. The summed E-state index contributed by atoms with van der Waals surface area (Å²) >= 11 is 0. The molecule has 0 saturated heterocycles. The molecule has 0 saturated carbocycles. The first-order valence-electron chi connectivity index (χ1n) is 4.36. The Labute approximate surface area is 80.6 Å². The number of aromatic amines is 1. The van der Waals surface area contributed by atoms with E-state index in [0.717, 1.165) is 11.0 Å². The number of imidazole rings is 1. The van der Waals surface area contributed by atoms with Crippen molar-refractivity contribution in [2.45, 2.75) is 12.8 Å². The zero-order chi connectivity index (χ0) is 10.1. The van der Waals surface area contributed by atoms with E-state index >= 15 is 0 Å². The molecule has 1 atom stereocenters. The minimum absolute atomic E-state index is 0.499. The van der Waals surface area contributed by atoms with E-state index in [0.29, 0.717) is 5.82 Å². The molecule has 0 bridgehead atoms. The SMILES string of the molecule is C[C@H](C(=O)O)c1nc2ccccc2[nH]1. The van der Waals surface area contributed by atoms with Crippen LogP contribution >= 0.6 is 0 Å². The van der Waals surface area contributed by atoms with Crippen LogP contribution in [0.1, 0.15) is 18.7 Å². The Morgan fingerprint density at radius 2 is 2.21 bits per heavy atom. The molecule has 14 heavy (non-hydrogen) atoms. The van der Waals surface area contributed by atoms with Crippen LogP contribution in [0.15, 0.2) is 24.3 Å². The summed E-state index contributed by atoms with van der Waals surface area (Å²) in [5, 5.41) is 8.80. The number of carboxylic acids is 1. The Kier molecular flexibility index (Phi) is 1.96. The first-order chi connectivity index (χ1) is 6.68. The Hall–Kier alpha value is -1.84. The number of hydrogen-bond donors (Lipinski definition) is 2. The molecule has 1 heterocycles. The first kappa shape index (κ1) is 8.74. The fraction of sp³-hybridized carbons (Fsp3) is 0.200. The van der Waals surface area contributed by atoms with Crippen LogP contribution in [0.4, 0.5) is 0 Å². The summed E-state index contributed by atoms with van der Waals surface area (Å²) in [6.07, 6.45) is 0. The van der Waals surface area contributed by atoms with Crippen LogP contribution in [-0.4, -0.2) is 21.0 Å². The molecule has 0 aliphatic heterocycles. The molecule has 0 radical (unpaired) electrons. The van der Waals surface area contributed by atoms with Crippen molar-refractivity contribution in [2.24, 2.45) is 0 Å². The third-order valence-corrected chi connectivity index (χ3v) is 2.19. The average molecular weight is 190 g/mol. The standard InChI is InChI=1S/C10H10N2O2/c1-6(10(13)14)9-11-7-4-2-3-5-8(7)12-9/h2-6H,1H3,(H,11,12)(H,13,14)/t6-/m0/s1. The lowest BCUT2D eigenvalue weighted by Gasteiger charge is -1.99. The fourth-order valence-corrected chi connectivity index (χ4v) is 1.29.